The van der Waals surface area contributed by atoms with Crippen LogP contribution < -0.4 is 0 Å². The number of hydrogen-bond acceptors (Lipinski definition) is 4. The van der Waals surface area contributed by atoms with Gasteiger partial charge < -0.3 is 9.16 Å². The van der Waals surface area contributed by atoms with E-state index in [-0.39, 0.29) is 5.97 Å². The molecule has 1 unspecified atom stereocenters. The molecular weight excluding hydrogens is 476 g/mol. The molecule has 0 bridgehead atoms. The van der Waals surface area contributed by atoms with Gasteiger partial charge in [0.15, 0.2) is 6.10 Å². The number of carbonyl (C=O) groups excluding carboxylic acids is 2. The highest BCUT2D eigenvalue weighted by Gasteiger charge is 2.39. The summed E-state index contributed by atoms with van der Waals surface area (Å²) in [7, 11) is -2.28. The fourth-order valence-corrected chi connectivity index (χ4v) is 9.32. The molecule has 218 valence electrons. The van der Waals surface area contributed by atoms with E-state index in [9.17, 15) is 9.59 Å². The van der Waals surface area contributed by atoms with Crippen LogP contribution in [0.15, 0.2) is 12.2 Å². The molecule has 0 rings (SSSR count). The number of ether oxygens (including phenoxy) is 1. The van der Waals surface area contributed by atoms with Crippen LogP contribution in [0.1, 0.15) is 157 Å². The molecule has 0 aromatic carbocycles. The Morgan fingerprint density at radius 1 is 0.622 bits per heavy atom. The predicted molar refractivity (Wildman–Crippen MR) is 161 cm³/mol. The van der Waals surface area contributed by atoms with E-state index in [0.29, 0.717) is 12.0 Å². The van der Waals surface area contributed by atoms with E-state index in [1.165, 1.54) is 96.3 Å². The molecule has 0 aliphatic carbocycles. The van der Waals surface area contributed by atoms with Crippen LogP contribution in [-0.4, -0.2) is 26.4 Å². The Morgan fingerprint density at radius 2 is 0.973 bits per heavy atom. The zero-order valence-electron chi connectivity index (χ0n) is 25.5. The molecule has 0 aromatic rings. The molecule has 0 N–H and O–H groups in total. The monoisotopic (exact) mass is 538 g/mol. The van der Waals surface area contributed by atoms with E-state index in [1.54, 1.807) is 6.92 Å². The number of unbranched alkanes of at least 4 members (excludes halogenated alkanes) is 15. The zero-order valence-corrected chi connectivity index (χ0v) is 26.5. The van der Waals surface area contributed by atoms with Gasteiger partial charge in [-0.2, -0.15) is 0 Å². The van der Waals surface area contributed by atoms with E-state index >= 15 is 0 Å². The molecule has 0 radical (unpaired) electrons. The Bertz CT molecular complexity index is 549. The van der Waals surface area contributed by atoms with Gasteiger partial charge in [0.1, 0.15) is 0 Å². The van der Waals surface area contributed by atoms with Crippen molar-refractivity contribution in [2.45, 2.75) is 181 Å². The van der Waals surface area contributed by atoms with Gasteiger partial charge in [-0.1, -0.05) is 150 Å². The smallest absolute Gasteiger partial charge is 0.334 e. The highest BCUT2D eigenvalue weighted by atomic mass is 28.4. The lowest BCUT2D eigenvalue weighted by Crippen LogP contribution is -2.44. The molecule has 37 heavy (non-hydrogen) atoms. The number of hydrogen-bond donors (Lipinski definition) is 0. The molecule has 0 spiro atoms. The van der Waals surface area contributed by atoms with E-state index in [1.807, 2.05) is 6.92 Å². The van der Waals surface area contributed by atoms with Gasteiger partial charge in [0, 0.05) is 5.57 Å². The second-order valence-electron chi connectivity index (χ2n) is 11.2. The van der Waals surface area contributed by atoms with Gasteiger partial charge >= 0.3 is 11.9 Å². The summed E-state index contributed by atoms with van der Waals surface area (Å²) in [6, 6.07) is 3.17. The average Bonchev–Trinajstić information content (AvgIpc) is 2.88. The summed E-state index contributed by atoms with van der Waals surface area (Å²) >= 11 is 0. The summed E-state index contributed by atoms with van der Waals surface area (Å²) < 4.78 is 12.0. The minimum atomic E-state index is -2.28. The van der Waals surface area contributed by atoms with Crippen LogP contribution in [0.25, 0.3) is 0 Å². The van der Waals surface area contributed by atoms with Crippen LogP contribution >= 0.6 is 0 Å². The Hall–Kier alpha value is -1.10. The van der Waals surface area contributed by atoms with Crippen LogP contribution in [0, 0.1) is 0 Å². The Kier molecular flexibility index (Phi) is 23.3. The minimum Gasteiger partial charge on any atom is -0.516 e. The first-order valence-electron chi connectivity index (χ1n) is 15.9. The fraction of sp³-hybridized carbons (Fsp3) is 0.875. The van der Waals surface area contributed by atoms with Crippen molar-refractivity contribution in [1.29, 1.82) is 0 Å². The molecule has 0 aromatic heterocycles. The highest BCUT2D eigenvalue weighted by molar-refractivity contribution is 6.75. The second-order valence-corrected chi connectivity index (χ2v) is 15.3. The van der Waals surface area contributed by atoms with E-state index in [0.717, 1.165) is 37.4 Å². The van der Waals surface area contributed by atoms with Gasteiger partial charge in [0.25, 0.3) is 8.32 Å². The quantitative estimate of drug-likeness (QED) is 0.0475. The Morgan fingerprint density at radius 3 is 1.30 bits per heavy atom. The molecule has 0 aliphatic rings. The van der Waals surface area contributed by atoms with Crippen molar-refractivity contribution in [3.05, 3.63) is 12.2 Å². The Balaban J connectivity index is 5.43. The standard InChI is InChI=1S/C32H62O4Si/c1-7-11-14-17-20-23-26-37(27-24-21-18-15-12-8-2,28-25-22-19-16-13-9-3)36-32(34)30(10-4)35-31(33)29(5)6/h30H,5,7-28H2,1-4,6H3. The van der Waals surface area contributed by atoms with Gasteiger partial charge in [0.05, 0.1) is 0 Å². The van der Waals surface area contributed by atoms with Gasteiger partial charge in [0.2, 0.25) is 0 Å². The largest absolute Gasteiger partial charge is 0.516 e. The van der Waals surface area contributed by atoms with Crippen LogP contribution in [0.5, 0.6) is 0 Å². The van der Waals surface area contributed by atoms with Gasteiger partial charge in [-0.25, -0.2) is 9.59 Å². The normalized spacial score (nSPS) is 12.4. The third-order valence-corrected chi connectivity index (χ3v) is 11.9. The molecule has 0 aliphatic heterocycles. The first-order chi connectivity index (χ1) is 17.9. The van der Waals surface area contributed by atoms with Crippen LogP contribution in [0.3, 0.4) is 0 Å². The number of carbonyl (C=O) groups is 2. The zero-order chi connectivity index (χ0) is 27.8. The average molecular weight is 539 g/mol. The predicted octanol–water partition coefficient (Wildman–Crippen LogP) is 10.5. The molecule has 1 atom stereocenters. The number of rotatable bonds is 26. The summed E-state index contributed by atoms with van der Waals surface area (Å²) in [5, 5.41) is 0. The Labute approximate surface area is 231 Å². The van der Waals surface area contributed by atoms with Crippen molar-refractivity contribution >= 4 is 20.3 Å². The minimum absolute atomic E-state index is 0.313. The molecule has 4 nitrogen and oxygen atoms in total. The van der Waals surface area contributed by atoms with Crippen molar-refractivity contribution in [3.8, 4) is 0 Å². The lowest BCUT2D eigenvalue weighted by atomic mass is 10.1. The van der Waals surface area contributed by atoms with Crippen LogP contribution in [-0.2, 0) is 18.8 Å². The molecular formula is C32H62O4Si. The van der Waals surface area contributed by atoms with Crippen molar-refractivity contribution < 1.29 is 18.8 Å². The SMILES string of the molecule is C=C(C)C(=O)OC(CC)C(=O)O[Si](CCCCCCCC)(CCCCCCCC)CCCCCCCC. The van der Waals surface area contributed by atoms with Crippen molar-refractivity contribution in [3.63, 3.8) is 0 Å². The highest BCUT2D eigenvalue weighted by Crippen LogP contribution is 2.32. The maximum Gasteiger partial charge on any atom is 0.334 e. The van der Waals surface area contributed by atoms with Crippen molar-refractivity contribution in [2.24, 2.45) is 0 Å². The summed E-state index contributed by atoms with van der Waals surface area (Å²) in [5.41, 5.74) is 0.320. The third-order valence-electron chi connectivity index (χ3n) is 7.51. The summed E-state index contributed by atoms with van der Waals surface area (Å²) in [6.45, 7) is 13.9. The first kappa shape index (κ1) is 35.9. The number of esters is 1. The molecule has 0 amide bonds. The molecule has 5 heteroatoms. The summed E-state index contributed by atoms with van der Waals surface area (Å²) in [5.74, 6) is -0.814. The molecule has 0 saturated carbocycles. The van der Waals surface area contributed by atoms with E-state index < -0.39 is 20.4 Å². The van der Waals surface area contributed by atoms with Crippen LogP contribution in [0.4, 0.5) is 0 Å². The molecule has 0 fully saturated rings. The van der Waals surface area contributed by atoms with E-state index in [2.05, 4.69) is 27.4 Å². The third kappa shape index (κ3) is 18.7. The van der Waals surface area contributed by atoms with Crippen molar-refractivity contribution in [2.75, 3.05) is 0 Å². The van der Waals surface area contributed by atoms with E-state index in [4.69, 9.17) is 9.16 Å². The fourth-order valence-electron chi connectivity index (χ4n) is 5.02. The van der Waals surface area contributed by atoms with Gasteiger partial charge in [-0.3, -0.25) is 0 Å². The van der Waals surface area contributed by atoms with Crippen LogP contribution in [0.2, 0.25) is 18.1 Å². The molecule has 0 saturated heterocycles. The van der Waals surface area contributed by atoms with Crippen molar-refractivity contribution in [1.82, 2.24) is 0 Å². The lowest BCUT2D eigenvalue weighted by molar-refractivity contribution is -0.160. The summed E-state index contributed by atoms with van der Waals surface area (Å²) in [6.07, 6.45) is 22.1. The molecule has 0 heterocycles. The topological polar surface area (TPSA) is 52.6 Å². The van der Waals surface area contributed by atoms with Gasteiger partial charge in [-0.15, -0.1) is 0 Å². The van der Waals surface area contributed by atoms with Gasteiger partial charge in [-0.05, 0) is 31.5 Å². The maximum atomic E-state index is 13.4. The first-order valence-corrected chi connectivity index (χ1v) is 18.5. The summed E-state index contributed by atoms with van der Waals surface area (Å²) in [4.78, 5) is 25.5. The lowest BCUT2D eigenvalue weighted by Gasteiger charge is -2.33. The second kappa shape index (κ2) is 24.0. The maximum absolute atomic E-state index is 13.4.